The summed E-state index contributed by atoms with van der Waals surface area (Å²) in [4.78, 5) is 14.6. The predicted octanol–water partition coefficient (Wildman–Crippen LogP) is 1.92. The number of aliphatic imine (C=N–C) groups is 1. The summed E-state index contributed by atoms with van der Waals surface area (Å²) in [5.41, 5.74) is 0.759. The lowest BCUT2D eigenvalue weighted by Crippen LogP contribution is -2.38. The van der Waals surface area contributed by atoms with Crippen LogP contribution in [0.15, 0.2) is 29.3 Å². The van der Waals surface area contributed by atoms with Crippen LogP contribution in [-0.2, 0) is 6.54 Å². The quantitative estimate of drug-likeness (QED) is 0.368. The molecule has 0 aromatic heterocycles. The number of nitrogens with one attached hydrogen (secondary N) is 2. The average Bonchev–Trinajstić information content (AvgIpc) is 2.39. The summed E-state index contributed by atoms with van der Waals surface area (Å²) in [6, 6.07) is 6.68. The number of nitro benzene ring substituents is 1. The Morgan fingerprint density at radius 3 is 2.63 bits per heavy atom. The van der Waals surface area contributed by atoms with E-state index in [4.69, 9.17) is 0 Å². The van der Waals surface area contributed by atoms with Gasteiger partial charge in [0, 0.05) is 31.8 Å². The fraction of sp³-hybridized carbons (Fsp3) is 0.462. The molecule has 0 atom stereocenters. The van der Waals surface area contributed by atoms with Gasteiger partial charge in [0.05, 0.1) is 4.92 Å². The van der Waals surface area contributed by atoms with Gasteiger partial charge in [-0.25, -0.2) is 0 Å². The number of hydrogen-bond donors (Lipinski definition) is 2. The smallest absolute Gasteiger partial charge is 0.274 e. The molecule has 1 aromatic carbocycles. The minimum absolute atomic E-state index is 0.120. The molecule has 6 nitrogen and oxygen atoms in total. The van der Waals surface area contributed by atoms with Crippen LogP contribution in [0.1, 0.15) is 19.4 Å². The molecule has 0 unspecified atom stereocenters. The molecule has 0 amide bonds. The summed E-state index contributed by atoms with van der Waals surface area (Å²) in [6.07, 6.45) is 0. The van der Waals surface area contributed by atoms with Crippen LogP contribution in [0.25, 0.3) is 0 Å². The van der Waals surface area contributed by atoms with Crippen molar-refractivity contribution in [2.75, 3.05) is 13.6 Å². The predicted molar refractivity (Wildman–Crippen MR) is 76.1 cm³/mol. The Morgan fingerprint density at radius 2 is 2.05 bits per heavy atom. The summed E-state index contributed by atoms with van der Waals surface area (Å²) in [7, 11) is 1.68. The van der Waals surface area contributed by atoms with Crippen molar-refractivity contribution in [3.05, 3.63) is 39.9 Å². The zero-order valence-corrected chi connectivity index (χ0v) is 11.5. The van der Waals surface area contributed by atoms with E-state index in [2.05, 4.69) is 29.5 Å². The summed E-state index contributed by atoms with van der Waals surface area (Å²) >= 11 is 0. The van der Waals surface area contributed by atoms with Crippen LogP contribution in [-0.4, -0.2) is 24.5 Å². The molecule has 0 aliphatic carbocycles. The lowest BCUT2D eigenvalue weighted by atomic mass is 10.2. The first-order valence-electron chi connectivity index (χ1n) is 6.21. The van der Waals surface area contributed by atoms with Gasteiger partial charge in [-0.15, -0.1) is 0 Å². The van der Waals surface area contributed by atoms with Gasteiger partial charge >= 0.3 is 0 Å². The van der Waals surface area contributed by atoms with Crippen LogP contribution in [0.5, 0.6) is 0 Å². The van der Waals surface area contributed by atoms with Gasteiger partial charge in [0.2, 0.25) is 0 Å². The van der Waals surface area contributed by atoms with Crippen molar-refractivity contribution in [2.24, 2.45) is 10.9 Å². The largest absolute Gasteiger partial charge is 0.356 e. The van der Waals surface area contributed by atoms with Crippen molar-refractivity contribution >= 4 is 11.6 Å². The number of benzene rings is 1. The lowest BCUT2D eigenvalue weighted by molar-refractivity contribution is -0.385. The minimum Gasteiger partial charge on any atom is -0.356 e. The fourth-order valence-electron chi connectivity index (χ4n) is 1.54. The van der Waals surface area contributed by atoms with E-state index in [1.165, 1.54) is 6.07 Å². The van der Waals surface area contributed by atoms with E-state index in [0.29, 0.717) is 24.0 Å². The van der Waals surface area contributed by atoms with Crippen molar-refractivity contribution in [1.82, 2.24) is 10.6 Å². The number of guanidine groups is 1. The average molecular weight is 264 g/mol. The standard InChI is InChI=1S/C13H20N4O2/c1-10(2)8-15-13(14-3)16-9-11-6-4-5-7-12(11)17(18)19/h4-7,10H,8-9H2,1-3H3,(H2,14,15,16). The molecule has 0 saturated carbocycles. The zero-order chi connectivity index (χ0) is 14.3. The van der Waals surface area contributed by atoms with E-state index in [1.807, 2.05) is 0 Å². The van der Waals surface area contributed by atoms with Gasteiger partial charge in [-0.3, -0.25) is 15.1 Å². The van der Waals surface area contributed by atoms with E-state index in [9.17, 15) is 10.1 Å². The Kier molecular flexibility index (Phi) is 5.78. The molecular weight excluding hydrogens is 244 g/mol. The first kappa shape index (κ1) is 14.9. The monoisotopic (exact) mass is 264 g/mol. The first-order chi connectivity index (χ1) is 9.04. The van der Waals surface area contributed by atoms with Gasteiger partial charge in [-0.1, -0.05) is 32.0 Å². The minimum atomic E-state index is -0.374. The van der Waals surface area contributed by atoms with Gasteiger partial charge in [0.15, 0.2) is 5.96 Å². The second-order valence-electron chi connectivity index (χ2n) is 4.59. The maximum Gasteiger partial charge on any atom is 0.274 e. The molecule has 1 aromatic rings. The highest BCUT2D eigenvalue weighted by Gasteiger charge is 2.12. The third-order valence-electron chi connectivity index (χ3n) is 2.54. The van der Waals surface area contributed by atoms with Crippen molar-refractivity contribution in [2.45, 2.75) is 20.4 Å². The van der Waals surface area contributed by atoms with Crippen molar-refractivity contribution in [1.29, 1.82) is 0 Å². The van der Waals surface area contributed by atoms with E-state index in [0.717, 1.165) is 6.54 Å². The Bertz CT molecular complexity index is 458. The second kappa shape index (κ2) is 7.35. The highest BCUT2D eigenvalue weighted by Crippen LogP contribution is 2.16. The Balaban J connectivity index is 2.63. The lowest BCUT2D eigenvalue weighted by Gasteiger charge is -2.13. The molecule has 0 spiro atoms. The number of hydrogen-bond acceptors (Lipinski definition) is 3. The topological polar surface area (TPSA) is 79.6 Å². The molecule has 1 rings (SSSR count). The van der Waals surface area contributed by atoms with Gasteiger partial charge in [-0.05, 0) is 5.92 Å². The molecule has 0 fully saturated rings. The summed E-state index contributed by atoms with van der Waals surface area (Å²) < 4.78 is 0. The third-order valence-corrected chi connectivity index (χ3v) is 2.54. The molecule has 0 aliphatic heterocycles. The van der Waals surface area contributed by atoms with Gasteiger partial charge in [-0.2, -0.15) is 0 Å². The SMILES string of the molecule is CN=C(NCc1ccccc1[N+](=O)[O-])NCC(C)C. The number of nitro groups is 1. The Hall–Kier alpha value is -2.11. The van der Waals surface area contributed by atoms with Crippen LogP contribution in [0.3, 0.4) is 0 Å². The number of nitrogens with zero attached hydrogens (tertiary/aromatic N) is 2. The maximum absolute atomic E-state index is 10.9. The van der Waals surface area contributed by atoms with Crippen molar-refractivity contribution in [3.63, 3.8) is 0 Å². The zero-order valence-electron chi connectivity index (χ0n) is 11.5. The molecule has 6 heteroatoms. The number of para-hydroxylation sites is 1. The third kappa shape index (κ3) is 4.95. The highest BCUT2D eigenvalue weighted by molar-refractivity contribution is 5.79. The molecule has 19 heavy (non-hydrogen) atoms. The molecule has 0 radical (unpaired) electrons. The van der Waals surface area contributed by atoms with Crippen molar-refractivity contribution in [3.8, 4) is 0 Å². The Morgan fingerprint density at radius 1 is 1.37 bits per heavy atom. The summed E-state index contributed by atoms with van der Waals surface area (Å²) in [5.74, 6) is 1.15. The molecule has 0 heterocycles. The summed E-state index contributed by atoms with van der Waals surface area (Å²) in [6.45, 7) is 5.37. The van der Waals surface area contributed by atoms with E-state index in [1.54, 1.807) is 25.2 Å². The van der Waals surface area contributed by atoms with E-state index < -0.39 is 0 Å². The van der Waals surface area contributed by atoms with E-state index >= 15 is 0 Å². The van der Waals surface area contributed by atoms with Gasteiger partial charge in [0.1, 0.15) is 0 Å². The van der Waals surface area contributed by atoms with Crippen LogP contribution in [0.4, 0.5) is 5.69 Å². The van der Waals surface area contributed by atoms with Gasteiger partial charge < -0.3 is 10.6 Å². The molecule has 0 bridgehead atoms. The molecule has 0 saturated heterocycles. The summed E-state index contributed by atoms with van der Waals surface area (Å²) in [5, 5.41) is 17.1. The van der Waals surface area contributed by atoms with Crippen LogP contribution in [0, 0.1) is 16.0 Å². The van der Waals surface area contributed by atoms with E-state index in [-0.39, 0.29) is 10.6 Å². The molecule has 2 N–H and O–H groups in total. The second-order valence-corrected chi connectivity index (χ2v) is 4.59. The fourth-order valence-corrected chi connectivity index (χ4v) is 1.54. The van der Waals surface area contributed by atoms with Crippen LogP contribution in [0.2, 0.25) is 0 Å². The van der Waals surface area contributed by atoms with Gasteiger partial charge in [0.25, 0.3) is 5.69 Å². The van der Waals surface area contributed by atoms with Crippen LogP contribution < -0.4 is 10.6 Å². The number of rotatable bonds is 5. The van der Waals surface area contributed by atoms with Crippen molar-refractivity contribution < 1.29 is 4.92 Å². The first-order valence-corrected chi connectivity index (χ1v) is 6.21. The normalized spacial score (nSPS) is 11.5. The molecular formula is C13H20N4O2. The maximum atomic E-state index is 10.9. The Labute approximate surface area is 113 Å². The van der Waals surface area contributed by atoms with Crippen LogP contribution >= 0.6 is 0 Å². The highest BCUT2D eigenvalue weighted by atomic mass is 16.6. The molecule has 104 valence electrons. The molecule has 0 aliphatic rings.